The van der Waals surface area contributed by atoms with Gasteiger partial charge in [0.2, 0.25) is 0 Å². The fraction of sp³-hybridized carbons (Fsp3) is 1.00. The summed E-state index contributed by atoms with van der Waals surface area (Å²) in [5.41, 5.74) is 5.11. The molecule has 11 heavy (non-hydrogen) atoms. The summed E-state index contributed by atoms with van der Waals surface area (Å²) in [5, 5.41) is 0. The lowest BCUT2D eigenvalue weighted by Gasteiger charge is -2.08. The molecule has 0 saturated heterocycles. The van der Waals surface area contributed by atoms with Crippen LogP contribution in [-0.4, -0.2) is 39.7 Å². The summed E-state index contributed by atoms with van der Waals surface area (Å²) >= 11 is 0. The lowest BCUT2D eigenvalue weighted by molar-refractivity contribution is 0.136. The summed E-state index contributed by atoms with van der Waals surface area (Å²) in [6.45, 7) is 1.90. The Kier molecular flexibility index (Phi) is 4.63. The largest absolute Gasteiger partial charge is 0.381 e. The van der Waals surface area contributed by atoms with Crippen molar-refractivity contribution < 1.29 is 13.2 Å². The standard InChI is InChI=1S/C6H15NO3S/c1-6(10-2)5-11(8,9)4-3-7/h6H,3-5,7H2,1-2H3. The maximum absolute atomic E-state index is 11.0. The Hall–Kier alpha value is -0.130. The van der Waals surface area contributed by atoms with E-state index in [9.17, 15) is 8.42 Å². The van der Waals surface area contributed by atoms with Crippen LogP contribution < -0.4 is 5.73 Å². The van der Waals surface area contributed by atoms with Crippen LogP contribution in [0.15, 0.2) is 0 Å². The maximum atomic E-state index is 11.0. The van der Waals surface area contributed by atoms with Crippen LogP contribution in [0.1, 0.15) is 6.92 Å². The van der Waals surface area contributed by atoms with E-state index in [1.165, 1.54) is 7.11 Å². The molecule has 0 bridgehead atoms. The van der Waals surface area contributed by atoms with Gasteiger partial charge in [0.15, 0.2) is 9.84 Å². The number of sulfone groups is 1. The molecule has 0 aliphatic heterocycles. The van der Waals surface area contributed by atoms with E-state index in [1.54, 1.807) is 6.92 Å². The Labute approximate surface area is 67.6 Å². The molecule has 0 heterocycles. The summed E-state index contributed by atoms with van der Waals surface area (Å²) < 4.78 is 26.9. The number of rotatable bonds is 5. The van der Waals surface area contributed by atoms with E-state index in [2.05, 4.69) is 0 Å². The van der Waals surface area contributed by atoms with E-state index < -0.39 is 9.84 Å². The molecular formula is C6H15NO3S. The van der Waals surface area contributed by atoms with Gasteiger partial charge in [-0.15, -0.1) is 0 Å². The molecule has 0 radical (unpaired) electrons. The number of hydrogen-bond donors (Lipinski definition) is 1. The van der Waals surface area contributed by atoms with E-state index in [4.69, 9.17) is 10.5 Å². The van der Waals surface area contributed by atoms with Crippen LogP contribution in [0.4, 0.5) is 0 Å². The first-order chi connectivity index (χ1) is 5.02. The average molecular weight is 181 g/mol. The normalized spacial score (nSPS) is 14.8. The second-order valence-corrected chi connectivity index (χ2v) is 4.68. The Morgan fingerprint density at radius 2 is 2.09 bits per heavy atom. The van der Waals surface area contributed by atoms with E-state index in [1.807, 2.05) is 0 Å². The molecule has 0 fully saturated rings. The van der Waals surface area contributed by atoms with Crippen molar-refractivity contribution in [1.82, 2.24) is 0 Å². The zero-order valence-corrected chi connectivity index (χ0v) is 7.73. The minimum Gasteiger partial charge on any atom is -0.381 e. The predicted octanol–water partition coefficient (Wildman–Crippen LogP) is -0.605. The van der Waals surface area contributed by atoms with E-state index in [0.717, 1.165) is 0 Å². The van der Waals surface area contributed by atoms with Crippen molar-refractivity contribution in [3.8, 4) is 0 Å². The summed E-state index contributed by atoms with van der Waals surface area (Å²) in [6, 6.07) is 0. The van der Waals surface area contributed by atoms with Gasteiger partial charge in [0, 0.05) is 13.7 Å². The van der Waals surface area contributed by atoms with Gasteiger partial charge in [0.1, 0.15) is 0 Å². The summed E-state index contributed by atoms with van der Waals surface area (Å²) in [4.78, 5) is 0. The summed E-state index contributed by atoms with van der Waals surface area (Å²) in [6.07, 6.45) is -0.244. The third-order valence-electron chi connectivity index (χ3n) is 1.32. The first kappa shape index (κ1) is 10.9. The minimum atomic E-state index is -2.99. The molecule has 0 rings (SSSR count). The number of ether oxygens (including phenoxy) is 1. The van der Waals surface area contributed by atoms with E-state index in [-0.39, 0.29) is 24.2 Å². The van der Waals surface area contributed by atoms with Gasteiger partial charge in [-0.05, 0) is 6.92 Å². The smallest absolute Gasteiger partial charge is 0.154 e. The molecule has 4 nitrogen and oxygen atoms in total. The lowest BCUT2D eigenvalue weighted by Crippen LogP contribution is -2.25. The number of nitrogens with two attached hydrogens (primary N) is 1. The molecule has 0 aliphatic rings. The SMILES string of the molecule is COC(C)CS(=O)(=O)CCN. The first-order valence-electron chi connectivity index (χ1n) is 3.45. The molecule has 2 N–H and O–H groups in total. The average Bonchev–Trinajstić information content (AvgIpc) is 1.86. The molecule has 0 aromatic heterocycles. The highest BCUT2D eigenvalue weighted by Gasteiger charge is 2.13. The molecular weight excluding hydrogens is 166 g/mol. The molecule has 1 unspecified atom stereocenters. The van der Waals surface area contributed by atoms with Crippen molar-refractivity contribution in [3.63, 3.8) is 0 Å². The molecule has 0 amide bonds. The molecule has 0 aromatic carbocycles. The highest BCUT2D eigenvalue weighted by molar-refractivity contribution is 7.91. The van der Waals surface area contributed by atoms with Gasteiger partial charge in [0.25, 0.3) is 0 Å². The third kappa shape index (κ3) is 5.17. The van der Waals surface area contributed by atoms with Crippen LogP contribution in [0.3, 0.4) is 0 Å². The van der Waals surface area contributed by atoms with Crippen LogP contribution in [0, 0.1) is 0 Å². The monoisotopic (exact) mass is 181 g/mol. The number of methoxy groups -OCH3 is 1. The van der Waals surface area contributed by atoms with Crippen LogP contribution in [0.25, 0.3) is 0 Å². The fourth-order valence-electron chi connectivity index (χ4n) is 0.689. The van der Waals surface area contributed by atoms with Gasteiger partial charge in [-0.25, -0.2) is 8.42 Å². The van der Waals surface area contributed by atoms with E-state index >= 15 is 0 Å². The highest BCUT2D eigenvalue weighted by atomic mass is 32.2. The van der Waals surface area contributed by atoms with E-state index in [0.29, 0.717) is 0 Å². The Morgan fingerprint density at radius 3 is 2.45 bits per heavy atom. The van der Waals surface area contributed by atoms with Crippen molar-refractivity contribution >= 4 is 9.84 Å². The second kappa shape index (κ2) is 4.69. The zero-order valence-electron chi connectivity index (χ0n) is 6.91. The lowest BCUT2D eigenvalue weighted by atomic mass is 10.5. The highest BCUT2D eigenvalue weighted by Crippen LogP contribution is 1.96. The van der Waals surface area contributed by atoms with Crippen LogP contribution in [-0.2, 0) is 14.6 Å². The molecule has 0 saturated carbocycles. The zero-order chi connectivity index (χ0) is 8.91. The number of hydrogen-bond acceptors (Lipinski definition) is 4. The Bertz CT molecular complexity index is 188. The van der Waals surface area contributed by atoms with Gasteiger partial charge in [-0.3, -0.25) is 0 Å². The summed E-state index contributed by atoms with van der Waals surface area (Å²) in [7, 11) is -1.50. The third-order valence-corrected chi connectivity index (χ3v) is 3.15. The van der Waals surface area contributed by atoms with Gasteiger partial charge in [0.05, 0.1) is 17.6 Å². The van der Waals surface area contributed by atoms with Crippen molar-refractivity contribution in [2.75, 3.05) is 25.2 Å². The molecule has 0 spiro atoms. The van der Waals surface area contributed by atoms with Gasteiger partial charge in [-0.2, -0.15) is 0 Å². The Balaban J connectivity index is 3.92. The summed E-state index contributed by atoms with van der Waals surface area (Å²) in [5.74, 6) is 0.0986. The van der Waals surface area contributed by atoms with Crippen molar-refractivity contribution in [1.29, 1.82) is 0 Å². The van der Waals surface area contributed by atoms with Gasteiger partial charge in [-0.1, -0.05) is 0 Å². The van der Waals surface area contributed by atoms with Crippen molar-refractivity contribution in [3.05, 3.63) is 0 Å². The van der Waals surface area contributed by atoms with Crippen molar-refractivity contribution in [2.24, 2.45) is 5.73 Å². The van der Waals surface area contributed by atoms with Gasteiger partial charge >= 0.3 is 0 Å². The molecule has 5 heteroatoms. The topological polar surface area (TPSA) is 69.4 Å². The minimum absolute atomic E-state index is 0.0424. The first-order valence-corrected chi connectivity index (χ1v) is 5.27. The molecule has 68 valence electrons. The quantitative estimate of drug-likeness (QED) is 0.614. The second-order valence-electron chi connectivity index (χ2n) is 2.45. The Morgan fingerprint density at radius 1 is 1.55 bits per heavy atom. The maximum Gasteiger partial charge on any atom is 0.154 e. The van der Waals surface area contributed by atoms with Crippen LogP contribution in [0.5, 0.6) is 0 Å². The molecule has 1 atom stereocenters. The fourth-order valence-corrected chi connectivity index (χ4v) is 2.07. The van der Waals surface area contributed by atoms with Crippen molar-refractivity contribution in [2.45, 2.75) is 13.0 Å². The molecule has 0 aliphatic carbocycles. The predicted molar refractivity (Wildman–Crippen MR) is 44.2 cm³/mol. The van der Waals surface area contributed by atoms with Crippen LogP contribution in [0.2, 0.25) is 0 Å². The van der Waals surface area contributed by atoms with Gasteiger partial charge < -0.3 is 10.5 Å². The molecule has 0 aromatic rings. The van der Waals surface area contributed by atoms with Crippen LogP contribution >= 0.6 is 0 Å².